The van der Waals surface area contributed by atoms with Crippen molar-refractivity contribution in [1.82, 2.24) is 10.2 Å². The van der Waals surface area contributed by atoms with E-state index in [9.17, 15) is 4.39 Å². The summed E-state index contributed by atoms with van der Waals surface area (Å²) in [5.41, 5.74) is 0. The Hall–Kier alpha value is -1.13. The lowest BCUT2D eigenvalue weighted by Gasteiger charge is -2.31. The third-order valence-corrected chi connectivity index (χ3v) is 2.95. The van der Waals surface area contributed by atoms with E-state index in [1.165, 1.54) is 6.07 Å². The van der Waals surface area contributed by atoms with Crippen LogP contribution < -0.4 is 10.1 Å². The van der Waals surface area contributed by atoms with E-state index in [1.807, 2.05) is 0 Å². The van der Waals surface area contributed by atoms with Gasteiger partial charge in [-0.1, -0.05) is 12.1 Å². The minimum Gasteiger partial charge on any atom is -0.489 e. The van der Waals surface area contributed by atoms with Crippen LogP contribution in [0.25, 0.3) is 0 Å². The Kier molecular flexibility index (Phi) is 4.34. The Morgan fingerprint density at radius 2 is 2.29 bits per heavy atom. The van der Waals surface area contributed by atoms with Crippen molar-refractivity contribution >= 4 is 0 Å². The van der Waals surface area contributed by atoms with Gasteiger partial charge >= 0.3 is 0 Å². The molecule has 2 rings (SSSR count). The number of piperazine rings is 1. The van der Waals surface area contributed by atoms with Crippen molar-refractivity contribution in [2.45, 2.75) is 13.0 Å². The van der Waals surface area contributed by atoms with Gasteiger partial charge in [0.2, 0.25) is 0 Å². The molecule has 0 spiro atoms. The summed E-state index contributed by atoms with van der Waals surface area (Å²) in [6, 6.07) is 7.06. The van der Waals surface area contributed by atoms with Gasteiger partial charge in [0.1, 0.15) is 6.61 Å². The summed E-state index contributed by atoms with van der Waals surface area (Å²) in [5.74, 6) is 0.0526. The van der Waals surface area contributed by atoms with E-state index in [2.05, 4.69) is 17.1 Å². The Balaban J connectivity index is 1.74. The second kappa shape index (κ2) is 5.98. The number of rotatable bonds is 4. The molecule has 0 saturated carbocycles. The topological polar surface area (TPSA) is 24.5 Å². The Bertz CT molecular complexity index is 359. The van der Waals surface area contributed by atoms with Gasteiger partial charge < -0.3 is 10.1 Å². The van der Waals surface area contributed by atoms with Gasteiger partial charge in [-0.25, -0.2) is 4.39 Å². The average molecular weight is 238 g/mol. The molecule has 1 fully saturated rings. The molecule has 1 heterocycles. The molecule has 1 N–H and O–H groups in total. The van der Waals surface area contributed by atoms with E-state index in [1.54, 1.807) is 18.2 Å². The molecule has 0 unspecified atom stereocenters. The lowest BCUT2D eigenvalue weighted by Crippen LogP contribution is -2.50. The molecule has 1 saturated heterocycles. The van der Waals surface area contributed by atoms with Crippen molar-refractivity contribution < 1.29 is 9.13 Å². The zero-order chi connectivity index (χ0) is 12.1. The summed E-state index contributed by atoms with van der Waals surface area (Å²) in [5, 5.41) is 3.39. The number of halogens is 1. The average Bonchev–Trinajstić information content (AvgIpc) is 2.32. The number of hydrogen-bond acceptors (Lipinski definition) is 3. The maximum atomic E-state index is 13.3. The molecule has 0 amide bonds. The van der Waals surface area contributed by atoms with E-state index < -0.39 is 0 Å². The number of benzene rings is 1. The van der Waals surface area contributed by atoms with Crippen molar-refractivity contribution in [3.8, 4) is 5.75 Å². The minimum absolute atomic E-state index is 0.291. The predicted molar refractivity (Wildman–Crippen MR) is 65.8 cm³/mol. The molecule has 17 heavy (non-hydrogen) atoms. The van der Waals surface area contributed by atoms with Crippen LogP contribution in [0.15, 0.2) is 24.3 Å². The van der Waals surface area contributed by atoms with Crippen molar-refractivity contribution in [1.29, 1.82) is 0 Å². The van der Waals surface area contributed by atoms with Crippen LogP contribution in [0.1, 0.15) is 6.92 Å². The summed E-state index contributed by atoms with van der Waals surface area (Å²) < 4.78 is 18.7. The molecule has 0 bridgehead atoms. The normalized spacial score (nSPS) is 21.4. The fourth-order valence-corrected chi connectivity index (χ4v) is 2.06. The molecule has 94 valence electrons. The maximum absolute atomic E-state index is 13.3. The number of para-hydroxylation sites is 1. The highest BCUT2D eigenvalue weighted by Gasteiger charge is 2.15. The highest BCUT2D eigenvalue weighted by atomic mass is 19.1. The first kappa shape index (κ1) is 12.3. The molecule has 1 aliphatic rings. The molecule has 4 heteroatoms. The first-order chi connectivity index (χ1) is 8.25. The van der Waals surface area contributed by atoms with Gasteiger partial charge in [0.15, 0.2) is 11.6 Å². The van der Waals surface area contributed by atoms with Crippen LogP contribution in [0.4, 0.5) is 4.39 Å². The highest BCUT2D eigenvalue weighted by molar-refractivity contribution is 5.23. The fourth-order valence-electron chi connectivity index (χ4n) is 2.06. The van der Waals surface area contributed by atoms with Gasteiger partial charge in [-0.15, -0.1) is 0 Å². The van der Waals surface area contributed by atoms with Gasteiger partial charge in [0, 0.05) is 32.2 Å². The lowest BCUT2D eigenvalue weighted by molar-refractivity contribution is 0.168. The second-order valence-corrected chi connectivity index (χ2v) is 4.43. The quantitative estimate of drug-likeness (QED) is 0.860. The first-order valence-corrected chi connectivity index (χ1v) is 6.09. The molecule has 0 aliphatic carbocycles. The molecule has 0 aromatic heterocycles. The molecule has 1 aromatic rings. The van der Waals surface area contributed by atoms with Gasteiger partial charge in [-0.2, -0.15) is 0 Å². The van der Waals surface area contributed by atoms with Crippen LogP contribution >= 0.6 is 0 Å². The predicted octanol–water partition coefficient (Wildman–Crippen LogP) is 1.50. The maximum Gasteiger partial charge on any atom is 0.165 e. The summed E-state index contributed by atoms with van der Waals surface area (Å²) in [7, 11) is 0. The van der Waals surface area contributed by atoms with Crippen LogP contribution in [0.3, 0.4) is 0 Å². The summed E-state index contributed by atoms with van der Waals surface area (Å²) in [4.78, 5) is 2.34. The summed E-state index contributed by atoms with van der Waals surface area (Å²) >= 11 is 0. The van der Waals surface area contributed by atoms with Crippen LogP contribution in [-0.4, -0.2) is 43.7 Å². The number of hydrogen-bond donors (Lipinski definition) is 1. The SMILES string of the molecule is C[C@H]1CN(CCOc2ccccc2F)CCN1. The van der Waals surface area contributed by atoms with Crippen LogP contribution in [0.5, 0.6) is 5.75 Å². The zero-order valence-electron chi connectivity index (χ0n) is 10.2. The van der Waals surface area contributed by atoms with E-state index in [-0.39, 0.29) is 5.82 Å². The Labute approximate surface area is 102 Å². The van der Waals surface area contributed by atoms with Gasteiger partial charge in [-0.3, -0.25) is 4.90 Å². The minimum atomic E-state index is -0.291. The van der Waals surface area contributed by atoms with Crippen molar-refractivity contribution in [2.75, 3.05) is 32.8 Å². The summed E-state index contributed by atoms with van der Waals surface area (Å²) in [6.07, 6.45) is 0. The number of ether oxygens (including phenoxy) is 1. The van der Waals surface area contributed by atoms with Crippen molar-refractivity contribution in [3.63, 3.8) is 0 Å². The van der Waals surface area contributed by atoms with Crippen LogP contribution in [0, 0.1) is 5.82 Å². The van der Waals surface area contributed by atoms with E-state index in [0.29, 0.717) is 18.4 Å². The third kappa shape index (κ3) is 3.68. The Morgan fingerprint density at radius 3 is 3.06 bits per heavy atom. The van der Waals surface area contributed by atoms with Gasteiger partial charge in [-0.05, 0) is 19.1 Å². The zero-order valence-corrected chi connectivity index (χ0v) is 10.2. The largest absolute Gasteiger partial charge is 0.489 e. The molecular weight excluding hydrogens is 219 g/mol. The third-order valence-electron chi connectivity index (χ3n) is 2.95. The van der Waals surface area contributed by atoms with Crippen molar-refractivity contribution in [3.05, 3.63) is 30.1 Å². The molecule has 1 atom stereocenters. The monoisotopic (exact) mass is 238 g/mol. The molecule has 3 nitrogen and oxygen atoms in total. The van der Waals surface area contributed by atoms with E-state index in [4.69, 9.17) is 4.74 Å². The second-order valence-electron chi connectivity index (χ2n) is 4.43. The van der Waals surface area contributed by atoms with E-state index in [0.717, 1.165) is 26.2 Å². The first-order valence-electron chi connectivity index (χ1n) is 6.09. The smallest absolute Gasteiger partial charge is 0.165 e. The molecule has 0 radical (unpaired) electrons. The molecule has 1 aromatic carbocycles. The highest BCUT2D eigenvalue weighted by Crippen LogP contribution is 2.15. The standard InChI is InChI=1S/C13H19FN2O/c1-11-10-16(7-6-15-11)8-9-17-13-5-3-2-4-12(13)14/h2-5,11,15H,6-10H2,1H3/t11-/m0/s1. The van der Waals surface area contributed by atoms with Crippen LogP contribution in [-0.2, 0) is 0 Å². The van der Waals surface area contributed by atoms with Crippen LogP contribution in [0.2, 0.25) is 0 Å². The summed E-state index contributed by atoms with van der Waals surface area (Å²) in [6.45, 7) is 6.63. The van der Waals surface area contributed by atoms with Gasteiger partial charge in [0.25, 0.3) is 0 Å². The van der Waals surface area contributed by atoms with Crippen molar-refractivity contribution in [2.24, 2.45) is 0 Å². The number of nitrogens with zero attached hydrogens (tertiary/aromatic N) is 1. The fraction of sp³-hybridized carbons (Fsp3) is 0.538. The molecule has 1 aliphatic heterocycles. The Morgan fingerprint density at radius 1 is 1.47 bits per heavy atom. The number of nitrogens with one attached hydrogen (secondary N) is 1. The lowest BCUT2D eigenvalue weighted by atomic mass is 10.2. The van der Waals surface area contributed by atoms with E-state index >= 15 is 0 Å². The molecular formula is C13H19FN2O. The van der Waals surface area contributed by atoms with Gasteiger partial charge in [0.05, 0.1) is 0 Å².